The number of carbonyl (C=O) groups excluding carboxylic acids is 1. The fourth-order valence-corrected chi connectivity index (χ4v) is 2.74. The van der Waals surface area contributed by atoms with Gasteiger partial charge in [-0.3, -0.25) is 4.79 Å². The van der Waals surface area contributed by atoms with E-state index < -0.39 is 0 Å². The summed E-state index contributed by atoms with van der Waals surface area (Å²) in [6.45, 7) is 0.685. The number of ether oxygens (including phenoxy) is 2. The van der Waals surface area contributed by atoms with Crippen LogP contribution in [0.15, 0.2) is 36.4 Å². The molecule has 0 unspecified atom stereocenters. The Kier molecular flexibility index (Phi) is 4.94. The van der Waals surface area contributed by atoms with Gasteiger partial charge in [0, 0.05) is 13.0 Å². The highest BCUT2D eigenvalue weighted by Gasteiger charge is 2.13. The van der Waals surface area contributed by atoms with Crippen molar-refractivity contribution in [3.8, 4) is 11.5 Å². The number of amides is 1. The topological polar surface area (TPSA) is 47.6 Å². The van der Waals surface area contributed by atoms with Gasteiger partial charge in [-0.25, -0.2) is 0 Å². The lowest BCUT2D eigenvalue weighted by molar-refractivity contribution is -0.121. The number of carbonyl (C=O) groups is 1. The van der Waals surface area contributed by atoms with Crippen LogP contribution >= 0.6 is 23.2 Å². The van der Waals surface area contributed by atoms with Crippen molar-refractivity contribution < 1.29 is 14.3 Å². The summed E-state index contributed by atoms with van der Waals surface area (Å²) in [4.78, 5) is 12.0. The van der Waals surface area contributed by atoms with E-state index in [4.69, 9.17) is 32.7 Å². The smallest absolute Gasteiger partial charge is 0.231 e. The molecule has 2 aromatic carbocycles. The second kappa shape index (κ2) is 7.11. The zero-order valence-electron chi connectivity index (χ0n) is 12.3. The molecule has 0 bridgehead atoms. The third kappa shape index (κ3) is 3.89. The van der Waals surface area contributed by atoms with Gasteiger partial charge in [0.2, 0.25) is 12.7 Å². The third-order valence-corrected chi connectivity index (χ3v) is 4.44. The lowest BCUT2D eigenvalue weighted by atomic mass is 10.1. The summed E-state index contributed by atoms with van der Waals surface area (Å²) in [6.07, 6.45) is 0.900. The van der Waals surface area contributed by atoms with E-state index in [9.17, 15) is 4.79 Å². The quantitative estimate of drug-likeness (QED) is 0.886. The summed E-state index contributed by atoms with van der Waals surface area (Å²) in [5.74, 6) is 1.40. The van der Waals surface area contributed by atoms with E-state index in [0.29, 0.717) is 35.2 Å². The second-order valence-corrected chi connectivity index (χ2v) is 5.96. The summed E-state index contributed by atoms with van der Waals surface area (Å²) in [5, 5.41) is 3.90. The molecule has 0 aliphatic carbocycles. The van der Waals surface area contributed by atoms with Crippen LogP contribution in [-0.4, -0.2) is 12.7 Å². The van der Waals surface area contributed by atoms with Crippen molar-refractivity contribution in [3.05, 3.63) is 57.6 Å². The highest BCUT2D eigenvalue weighted by Crippen LogP contribution is 2.32. The van der Waals surface area contributed by atoms with Crippen LogP contribution in [0.25, 0.3) is 0 Å². The summed E-state index contributed by atoms with van der Waals surface area (Å²) >= 11 is 12.1. The zero-order valence-corrected chi connectivity index (χ0v) is 13.8. The highest BCUT2D eigenvalue weighted by atomic mass is 35.5. The van der Waals surface area contributed by atoms with Gasteiger partial charge in [-0.1, -0.05) is 41.4 Å². The maximum absolute atomic E-state index is 12.0. The van der Waals surface area contributed by atoms with Gasteiger partial charge >= 0.3 is 0 Å². The summed E-state index contributed by atoms with van der Waals surface area (Å²) in [7, 11) is 0. The molecule has 1 heterocycles. The molecule has 120 valence electrons. The average molecular weight is 352 g/mol. The van der Waals surface area contributed by atoms with Gasteiger partial charge in [0.1, 0.15) is 0 Å². The largest absolute Gasteiger partial charge is 0.454 e. The molecule has 2 aromatic rings. The van der Waals surface area contributed by atoms with Crippen LogP contribution < -0.4 is 14.8 Å². The Bertz CT molecular complexity index is 734. The van der Waals surface area contributed by atoms with Gasteiger partial charge in [-0.2, -0.15) is 0 Å². The van der Waals surface area contributed by atoms with Crippen LogP contribution in [0.5, 0.6) is 11.5 Å². The van der Waals surface area contributed by atoms with E-state index in [0.717, 1.165) is 16.9 Å². The maximum atomic E-state index is 12.0. The molecular weight excluding hydrogens is 337 g/mol. The van der Waals surface area contributed by atoms with Crippen LogP contribution in [0.4, 0.5) is 0 Å². The molecule has 1 aliphatic heterocycles. The van der Waals surface area contributed by atoms with Crippen molar-refractivity contribution in [3.63, 3.8) is 0 Å². The summed E-state index contributed by atoms with van der Waals surface area (Å²) < 4.78 is 10.6. The normalized spacial score (nSPS) is 12.3. The standard InChI is InChI=1S/C17H15Cl2NO3/c18-13-3-1-2-12(17(13)19)5-7-16(21)20-9-11-4-6-14-15(8-11)23-10-22-14/h1-4,6,8H,5,7,9-10H2,(H,20,21). The van der Waals surface area contributed by atoms with E-state index >= 15 is 0 Å². The number of hydrogen-bond acceptors (Lipinski definition) is 3. The van der Waals surface area contributed by atoms with Crippen LogP contribution in [0.3, 0.4) is 0 Å². The molecule has 0 radical (unpaired) electrons. The number of benzene rings is 2. The minimum absolute atomic E-state index is 0.0429. The van der Waals surface area contributed by atoms with Gasteiger partial charge in [0.25, 0.3) is 0 Å². The predicted octanol–water partition coefficient (Wildman–Crippen LogP) is 3.97. The first kappa shape index (κ1) is 16.0. The van der Waals surface area contributed by atoms with Gasteiger partial charge < -0.3 is 14.8 Å². The predicted molar refractivity (Wildman–Crippen MR) is 89.2 cm³/mol. The maximum Gasteiger partial charge on any atom is 0.231 e. The molecule has 0 aromatic heterocycles. The minimum Gasteiger partial charge on any atom is -0.454 e. The van der Waals surface area contributed by atoms with Gasteiger partial charge in [-0.15, -0.1) is 0 Å². The third-order valence-electron chi connectivity index (χ3n) is 3.58. The Morgan fingerprint density at radius 1 is 1.13 bits per heavy atom. The van der Waals surface area contributed by atoms with Gasteiger partial charge in [0.05, 0.1) is 10.0 Å². The Morgan fingerprint density at radius 3 is 2.83 bits per heavy atom. The summed E-state index contributed by atoms with van der Waals surface area (Å²) in [5.41, 5.74) is 1.83. The fourth-order valence-electron chi connectivity index (χ4n) is 2.33. The van der Waals surface area contributed by atoms with Crippen LogP contribution in [-0.2, 0) is 17.8 Å². The van der Waals surface area contributed by atoms with E-state index in [1.165, 1.54) is 0 Å². The number of halogens is 2. The Morgan fingerprint density at radius 2 is 1.96 bits per heavy atom. The van der Waals surface area contributed by atoms with Crippen molar-refractivity contribution in [2.24, 2.45) is 0 Å². The fraction of sp³-hybridized carbons (Fsp3) is 0.235. The second-order valence-electron chi connectivity index (χ2n) is 5.18. The van der Waals surface area contributed by atoms with E-state index in [2.05, 4.69) is 5.32 Å². The van der Waals surface area contributed by atoms with E-state index in [-0.39, 0.29) is 12.7 Å². The van der Waals surface area contributed by atoms with Crippen molar-refractivity contribution in [2.45, 2.75) is 19.4 Å². The first-order valence-corrected chi connectivity index (χ1v) is 7.97. The first-order valence-electron chi connectivity index (χ1n) is 7.21. The molecule has 0 spiro atoms. The van der Waals surface area contributed by atoms with Crippen molar-refractivity contribution >= 4 is 29.1 Å². The number of rotatable bonds is 5. The van der Waals surface area contributed by atoms with Crippen LogP contribution in [0.1, 0.15) is 17.5 Å². The number of nitrogens with one attached hydrogen (secondary N) is 1. The lowest BCUT2D eigenvalue weighted by Gasteiger charge is -2.08. The number of fused-ring (bicyclic) bond motifs is 1. The molecule has 3 rings (SSSR count). The van der Waals surface area contributed by atoms with E-state index in [1.807, 2.05) is 30.3 Å². The van der Waals surface area contributed by atoms with E-state index in [1.54, 1.807) is 6.07 Å². The van der Waals surface area contributed by atoms with Crippen LogP contribution in [0, 0.1) is 0 Å². The van der Waals surface area contributed by atoms with Crippen LogP contribution in [0.2, 0.25) is 10.0 Å². The van der Waals surface area contributed by atoms with Crippen molar-refractivity contribution in [1.29, 1.82) is 0 Å². The Hall–Kier alpha value is -1.91. The Balaban J connectivity index is 1.51. The molecule has 4 nitrogen and oxygen atoms in total. The molecule has 0 saturated heterocycles. The lowest BCUT2D eigenvalue weighted by Crippen LogP contribution is -2.23. The molecule has 0 saturated carbocycles. The number of aryl methyl sites for hydroxylation is 1. The summed E-state index contributed by atoms with van der Waals surface area (Å²) in [6, 6.07) is 11.0. The monoisotopic (exact) mass is 351 g/mol. The molecule has 1 N–H and O–H groups in total. The molecule has 0 atom stereocenters. The van der Waals surface area contributed by atoms with Crippen molar-refractivity contribution in [1.82, 2.24) is 5.32 Å². The van der Waals surface area contributed by atoms with Crippen molar-refractivity contribution in [2.75, 3.05) is 6.79 Å². The minimum atomic E-state index is -0.0429. The molecule has 0 fully saturated rings. The molecule has 23 heavy (non-hydrogen) atoms. The highest BCUT2D eigenvalue weighted by molar-refractivity contribution is 6.42. The molecule has 1 amide bonds. The molecule has 6 heteroatoms. The Labute approximate surface area is 144 Å². The molecular formula is C17H15Cl2NO3. The zero-order chi connectivity index (χ0) is 16.2. The number of hydrogen-bond donors (Lipinski definition) is 1. The van der Waals surface area contributed by atoms with Gasteiger partial charge in [-0.05, 0) is 35.7 Å². The molecule has 1 aliphatic rings. The first-order chi connectivity index (χ1) is 11.1. The van der Waals surface area contributed by atoms with Gasteiger partial charge in [0.15, 0.2) is 11.5 Å². The SMILES string of the molecule is O=C(CCc1cccc(Cl)c1Cl)NCc1ccc2c(c1)OCO2. The average Bonchev–Trinajstić information content (AvgIpc) is 3.02.